The molecule has 0 aliphatic carbocycles. The van der Waals surface area contributed by atoms with Crippen molar-refractivity contribution in [3.05, 3.63) is 64.1 Å². The Labute approximate surface area is 122 Å². The SMILES string of the molecule is NC(=O)C(Nc1ccc(F)cc1)c1ccc(F)cc1Br. The molecule has 6 heteroatoms. The summed E-state index contributed by atoms with van der Waals surface area (Å²) in [4.78, 5) is 11.6. The number of amides is 1. The number of nitrogens with one attached hydrogen (secondary N) is 1. The summed E-state index contributed by atoms with van der Waals surface area (Å²) in [5, 5.41) is 2.89. The van der Waals surface area contributed by atoms with Crippen molar-refractivity contribution in [3.63, 3.8) is 0 Å². The van der Waals surface area contributed by atoms with Crippen LogP contribution in [0.25, 0.3) is 0 Å². The summed E-state index contributed by atoms with van der Waals surface area (Å²) in [6, 6.07) is 8.60. The molecule has 0 aliphatic rings. The number of anilines is 1. The summed E-state index contributed by atoms with van der Waals surface area (Å²) in [6.07, 6.45) is 0. The van der Waals surface area contributed by atoms with Gasteiger partial charge in [-0.1, -0.05) is 22.0 Å². The maximum atomic E-state index is 13.1. The number of primary amides is 1. The minimum absolute atomic E-state index is 0.380. The van der Waals surface area contributed by atoms with Crippen LogP contribution in [-0.4, -0.2) is 5.91 Å². The van der Waals surface area contributed by atoms with Crippen LogP contribution in [0.15, 0.2) is 46.9 Å². The number of halogens is 3. The van der Waals surface area contributed by atoms with E-state index in [1.54, 1.807) is 0 Å². The highest BCUT2D eigenvalue weighted by Crippen LogP contribution is 2.27. The van der Waals surface area contributed by atoms with E-state index in [4.69, 9.17) is 5.73 Å². The zero-order valence-electron chi connectivity index (χ0n) is 10.2. The molecule has 2 aromatic carbocycles. The number of carbonyl (C=O) groups excluding carboxylic acids is 1. The molecule has 2 rings (SSSR count). The Hall–Kier alpha value is -1.95. The predicted molar refractivity (Wildman–Crippen MR) is 76.1 cm³/mol. The number of nitrogens with two attached hydrogens (primary N) is 1. The van der Waals surface area contributed by atoms with Gasteiger partial charge in [-0.25, -0.2) is 8.78 Å². The summed E-state index contributed by atoms with van der Waals surface area (Å²) < 4.78 is 26.3. The lowest BCUT2D eigenvalue weighted by molar-refractivity contribution is -0.118. The van der Waals surface area contributed by atoms with E-state index in [1.165, 1.54) is 42.5 Å². The summed E-state index contributed by atoms with van der Waals surface area (Å²) in [7, 11) is 0. The lowest BCUT2D eigenvalue weighted by Gasteiger charge is -2.18. The van der Waals surface area contributed by atoms with Gasteiger partial charge in [0, 0.05) is 10.2 Å². The molecule has 0 aromatic heterocycles. The number of benzene rings is 2. The molecule has 0 fully saturated rings. The van der Waals surface area contributed by atoms with Crippen LogP contribution in [0.4, 0.5) is 14.5 Å². The van der Waals surface area contributed by atoms with E-state index in [-0.39, 0.29) is 5.82 Å². The van der Waals surface area contributed by atoms with Gasteiger partial charge in [-0.05, 0) is 42.0 Å². The molecule has 1 atom stereocenters. The molecule has 0 spiro atoms. The van der Waals surface area contributed by atoms with Gasteiger partial charge in [0.2, 0.25) is 5.91 Å². The van der Waals surface area contributed by atoms with Crippen molar-refractivity contribution in [2.24, 2.45) is 5.73 Å². The molecule has 0 saturated heterocycles. The molecule has 104 valence electrons. The van der Waals surface area contributed by atoms with Crippen molar-refractivity contribution in [1.82, 2.24) is 0 Å². The number of hydrogen-bond donors (Lipinski definition) is 2. The van der Waals surface area contributed by atoms with Gasteiger partial charge in [-0.2, -0.15) is 0 Å². The predicted octanol–water partition coefficient (Wildman–Crippen LogP) is 3.37. The summed E-state index contributed by atoms with van der Waals surface area (Å²) in [5.74, 6) is -1.43. The third-order valence-electron chi connectivity index (χ3n) is 2.71. The quantitative estimate of drug-likeness (QED) is 0.896. The highest BCUT2D eigenvalue weighted by molar-refractivity contribution is 9.10. The molecule has 0 radical (unpaired) electrons. The topological polar surface area (TPSA) is 55.1 Å². The van der Waals surface area contributed by atoms with E-state index in [0.29, 0.717) is 15.7 Å². The van der Waals surface area contributed by atoms with Gasteiger partial charge in [-0.15, -0.1) is 0 Å². The van der Waals surface area contributed by atoms with Gasteiger partial charge in [-0.3, -0.25) is 4.79 Å². The Bertz CT molecular complexity index is 632. The smallest absolute Gasteiger partial charge is 0.244 e. The minimum atomic E-state index is -0.851. The van der Waals surface area contributed by atoms with Crippen LogP contribution in [0.2, 0.25) is 0 Å². The van der Waals surface area contributed by atoms with E-state index in [1.807, 2.05) is 0 Å². The monoisotopic (exact) mass is 340 g/mol. The van der Waals surface area contributed by atoms with Crippen molar-refractivity contribution >= 4 is 27.5 Å². The summed E-state index contributed by atoms with van der Waals surface area (Å²) >= 11 is 3.19. The summed E-state index contributed by atoms with van der Waals surface area (Å²) in [6.45, 7) is 0. The number of carbonyl (C=O) groups is 1. The molecule has 0 heterocycles. The van der Waals surface area contributed by atoms with E-state index >= 15 is 0 Å². The fraction of sp³-hybridized carbons (Fsp3) is 0.0714. The van der Waals surface area contributed by atoms with Crippen LogP contribution in [0.1, 0.15) is 11.6 Å². The normalized spacial score (nSPS) is 11.9. The molecule has 20 heavy (non-hydrogen) atoms. The Kier molecular flexibility index (Phi) is 4.34. The zero-order valence-corrected chi connectivity index (χ0v) is 11.8. The van der Waals surface area contributed by atoms with Gasteiger partial charge in [0.05, 0.1) is 0 Å². The van der Waals surface area contributed by atoms with Crippen LogP contribution < -0.4 is 11.1 Å². The van der Waals surface area contributed by atoms with Gasteiger partial charge in [0.25, 0.3) is 0 Å². The Morgan fingerprint density at radius 1 is 1.10 bits per heavy atom. The first-order valence-corrected chi connectivity index (χ1v) is 6.53. The fourth-order valence-electron chi connectivity index (χ4n) is 1.75. The minimum Gasteiger partial charge on any atom is -0.370 e. The largest absolute Gasteiger partial charge is 0.370 e. The van der Waals surface area contributed by atoms with E-state index in [9.17, 15) is 13.6 Å². The fourth-order valence-corrected chi connectivity index (χ4v) is 2.33. The van der Waals surface area contributed by atoms with Crippen LogP contribution in [0.5, 0.6) is 0 Å². The number of hydrogen-bond acceptors (Lipinski definition) is 2. The van der Waals surface area contributed by atoms with Crippen molar-refractivity contribution in [3.8, 4) is 0 Å². The van der Waals surface area contributed by atoms with Crippen LogP contribution >= 0.6 is 15.9 Å². The maximum absolute atomic E-state index is 13.1. The highest BCUT2D eigenvalue weighted by Gasteiger charge is 2.20. The first-order valence-electron chi connectivity index (χ1n) is 5.74. The third kappa shape index (κ3) is 3.33. The molecular weight excluding hydrogens is 330 g/mol. The Morgan fingerprint density at radius 2 is 1.70 bits per heavy atom. The van der Waals surface area contributed by atoms with Crippen LogP contribution in [0, 0.1) is 11.6 Å². The second kappa shape index (κ2) is 6.00. The molecule has 1 amide bonds. The molecule has 0 aliphatic heterocycles. The third-order valence-corrected chi connectivity index (χ3v) is 3.40. The second-order valence-corrected chi connectivity index (χ2v) is 5.01. The average Bonchev–Trinajstić information content (AvgIpc) is 2.39. The molecular formula is C14H11BrF2N2O. The first kappa shape index (κ1) is 14.5. The maximum Gasteiger partial charge on any atom is 0.244 e. The average molecular weight is 341 g/mol. The highest BCUT2D eigenvalue weighted by atomic mass is 79.9. The molecule has 1 unspecified atom stereocenters. The first-order chi connectivity index (χ1) is 9.47. The lowest BCUT2D eigenvalue weighted by atomic mass is 10.1. The molecule has 3 N–H and O–H groups in total. The summed E-state index contributed by atoms with van der Waals surface area (Å²) in [5.41, 5.74) is 6.40. The standard InChI is InChI=1S/C14H11BrF2N2O/c15-12-7-9(17)3-6-11(12)13(14(18)20)19-10-4-1-8(16)2-5-10/h1-7,13,19H,(H2,18,20). The van der Waals surface area contributed by atoms with E-state index in [2.05, 4.69) is 21.2 Å². The molecule has 3 nitrogen and oxygen atoms in total. The van der Waals surface area contributed by atoms with Gasteiger partial charge in [0.15, 0.2) is 0 Å². The van der Waals surface area contributed by atoms with Gasteiger partial charge >= 0.3 is 0 Å². The van der Waals surface area contributed by atoms with Gasteiger partial charge < -0.3 is 11.1 Å². The van der Waals surface area contributed by atoms with Crippen molar-refractivity contribution < 1.29 is 13.6 Å². The second-order valence-electron chi connectivity index (χ2n) is 4.15. The van der Waals surface area contributed by atoms with Crippen LogP contribution in [0.3, 0.4) is 0 Å². The van der Waals surface area contributed by atoms with E-state index < -0.39 is 17.8 Å². The lowest BCUT2D eigenvalue weighted by Crippen LogP contribution is -2.28. The van der Waals surface area contributed by atoms with Crippen molar-refractivity contribution in [2.45, 2.75) is 6.04 Å². The van der Waals surface area contributed by atoms with Crippen LogP contribution in [-0.2, 0) is 4.79 Å². The van der Waals surface area contributed by atoms with E-state index in [0.717, 1.165) is 0 Å². The van der Waals surface area contributed by atoms with Gasteiger partial charge in [0.1, 0.15) is 17.7 Å². The Balaban J connectivity index is 2.31. The Morgan fingerprint density at radius 3 is 2.25 bits per heavy atom. The number of rotatable bonds is 4. The molecule has 0 saturated carbocycles. The zero-order chi connectivity index (χ0) is 14.7. The van der Waals surface area contributed by atoms with Crippen molar-refractivity contribution in [1.29, 1.82) is 0 Å². The molecule has 0 bridgehead atoms. The van der Waals surface area contributed by atoms with Crippen molar-refractivity contribution in [2.75, 3.05) is 5.32 Å². The molecule has 2 aromatic rings.